The third-order valence-corrected chi connectivity index (χ3v) is 5.75. The Morgan fingerprint density at radius 1 is 1.30 bits per heavy atom. The molecule has 1 aliphatic rings. The van der Waals surface area contributed by atoms with Crippen LogP contribution in [-0.4, -0.2) is 21.4 Å². The average molecular weight is 383 g/mol. The summed E-state index contributed by atoms with van der Waals surface area (Å²) in [7, 11) is 0. The highest BCUT2D eigenvalue weighted by atomic mass is 32.1. The molecule has 3 aromatic heterocycles. The van der Waals surface area contributed by atoms with Gasteiger partial charge in [-0.15, -0.1) is 0 Å². The molecule has 0 radical (unpaired) electrons. The molecule has 3 aromatic rings. The van der Waals surface area contributed by atoms with Gasteiger partial charge >= 0.3 is 0 Å². The maximum absolute atomic E-state index is 5.91. The minimum atomic E-state index is 0.0679. The topological polar surface area (TPSA) is 52.0 Å². The molecule has 5 nitrogen and oxygen atoms in total. The van der Waals surface area contributed by atoms with E-state index in [2.05, 4.69) is 57.3 Å². The Labute approximate surface area is 164 Å². The van der Waals surface area contributed by atoms with Crippen molar-refractivity contribution < 1.29 is 4.74 Å². The van der Waals surface area contributed by atoms with Gasteiger partial charge in [0, 0.05) is 25.5 Å². The predicted octanol–water partition coefficient (Wildman–Crippen LogP) is 4.42. The van der Waals surface area contributed by atoms with Gasteiger partial charge in [0.2, 0.25) is 0 Å². The Morgan fingerprint density at radius 3 is 3.00 bits per heavy atom. The summed E-state index contributed by atoms with van der Waals surface area (Å²) >= 11 is 1.74. The summed E-state index contributed by atoms with van der Waals surface area (Å²) in [6.07, 6.45) is 8.18. The number of thiophene rings is 1. The van der Waals surface area contributed by atoms with Gasteiger partial charge in [0.15, 0.2) is 6.23 Å². The van der Waals surface area contributed by atoms with Crippen LogP contribution < -0.4 is 5.32 Å². The first kappa shape index (κ1) is 18.3. The lowest BCUT2D eigenvalue weighted by atomic mass is 10.0. The van der Waals surface area contributed by atoms with Crippen molar-refractivity contribution in [1.82, 2.24) is 20.1 Å². The van der Waals surface area contributed by atoms with Crippen LogP contribution in [0.5, 0.6) is 0 Å². The van der Waals surface area contributed by atoms with Crippen molar-refractivity contribution in [2.24, 2.45) is 0 Å². The van der Waals surface area contributed by atoms with Crippen molar-refractivity contribution in [3.63, 3.8) is 0 Å². The van der Waals surface area contributed by atoms with Crippen LogP contribution in [0.15, 0.2) is 47.4 Å². The number of hydrogen-bond acceptors (Lipinski definition) is 5. The second-order valence-electron chi connectivity index (χ2n) is 7.12. The minimum absolute atomic E-state index is 0.0679. The zero-order valence-electron chi connectivity index (χ0n) is 15.7. The fourth-order valence-corrected chi connectivity index (χ4v) is 4.18. The maximum atomic E-state index is 5.91. The van der Waals surface area contributed by atoms with E-state index in [-0.39, 0.29) is 12.3 Å². The summed E-state index contributed by atoms with van der Waals surface area (Å²) in [5.74, 6) is 0. The molecule has 2 unspecified atom stereocenters. The predicted molar refractivity (Wildman–Crippen MR) is 108 cm³/mol. The smallest absolute Gasteiger partial charge is 0.150 e. The second kappa shape index (κ2) is 8.78. The van der Waals surface area contributed by atoms with Crippen molar-refractivity contribution >= 4 is 11.3 Å². The monoisotopic (exact) mass is 382 g/mol. The van der Waals surface area contributed by atoms with Crippen molar-refractivity contribution in [2.45, 2.75) is 51.4 Å². The van der Waals surface area contributed by atoms with E-state index in [0.29, 0.717) is 0 Å². The summed E-state index contributed by atoms with van der Waals surface area (Å²) in [6, 6.07) is 8.69. The zero-order chi connectivity index (χ0) is 18.5. The molecular formula is C21H26N4OS. The van der Waals surface area contributed by atoms with Crippen LogP contribution in [0, 0.1) is 6.92 Å². The first-order valence-corrected chi connectivity index (χ1v) is 10.5. The molecule has 2 atom stereocenters. The largest absolute Gasteiger partial charge is 0.357 e. The normalized spacial score (nSPS) is 18.5. The number of hydrogen-bond donors (Lipinski definition) is 1. The highest BCUT2D eigenvalue weighted by Gasteiger charge is 2.20. The van der Waals surface area contributed by atoms with Gasteiger partial charge in [0.25, 0.3) is 0 Å². The van der Waals surface area contributed by atoms with Gasteiger partial charge in [-0.1, -0.05) is 6.07 Å². The van der Waals surface area contributed by atoms with Crippen LogP contribution >= 0.6 is 11.3 Å². The number of ether oxygens (including phenoxy) is 1. The maximum Gasteiger partial charge on any atom is 0.150 e. The Hall–Kier alpha value is -2.02. The van der Waals surface area contributed by atoms with E-state index < -0.39 is 0 Å². The molecule has 1 fully saturated rings. The highest BCUT2D eigenvalue weighted by Crippen LogP contribution is 2.24. The van der Waals surface area contributed by atoms with Crippen LogP contribution in [0.25, 0.3) is 0 Å². The van der Waals surface area contributed by atoms with Gasteiger partial charge in [0.1, 0.15) is 0 Å². The fourth-order valence-electron chi connectivity index (χ4n) is 3.50. The molecule has 1 aliphatic heterocycles. The van der Waals surface area contributed by atoms with Crippen LogP contribution in [-0.2, 0) is 17.7 Å². The Balaban J connectivity index is 1.48. The number of nitrogens with one attached hydrogen (secondary N) is 1. The number of pyridine rings is 1. The molecule has 0 saturated carbocycles. The molecule has 1 N–H and O–H groups in total. The molecular weight excluding hydrogens is 356 g/mol. The Kier molecular flexibility index (Phi) is 5.97. The molecule has 1 saturated heterocycles. The van der Waals surface area contributed by atoms with Crippen molar-refractivity contribution in [3.8, 4) is 0 Å². The van der Waals surface area contributed by atoms with E-state index in [1.165, 1.54) is 17.5 Å². The fraction of sp³-hybridized carbons (Fsp3) is 0.429. The van der Waals surface area contributed by atoms with Gasteiger partial charge in [-0.3, -0.25) is 4.98 Å². The molecule has 142 valence electrons. The Morgan fingerprint density at radius 2 is 2.26 bits per heavy atom. The van der Waals surface area contributed by atoms with Crippen LogP contribution in [0.4, 0.5) is 0 Å². The van der Waals surface area contributed by atoms with Gasteiger partial charge in [-0.25, -0.2) is 4.68 Å². The first-order chi connectivity index (χ1) is 13.3. The van der Waals surface area contributed by atoms with E-state index in [1.54, 1.807) is 11.3 Å². The molecule has 0 aromatic carbocycles. The minimum Gasteiger partial charge on any atom is -0.357 e. The molecule has 0 aliphatic carbocycles. The molecule has 0 bridgehead atoms. The lowest BCUT2D eigenvalue weighted by molar-refractivity contribution is -0.0413. The number of aryl methyl sites for hydroxylation is 1. The molecule has 4 rings (SSSR count). The van der Waals surface area contributed by atoms with E-state index in [0.717, 1.165) is 43.8 Å². The molecule has 6 heteroatoms. The van der Waals surface area contributed by atoms with Gasteiger partial charge in [-0.2, -0.15) is 16.4 Å². The third-order valence-electron chi connectivity index (χ3n) is 5.02. The molecule has 27 heavy (non-hydrogen) atoms. The van der Waals surface area contributed by atoms with E-state index >= 15 is 0 Å². The lowest BCUT2D eigenvalue weighted by Gasteiger charge is -2.25. The lowest BCUT2D eigenvalue weighted by Crippen LogP contribution is -2.27. The van der Waals surface area contributed by atoms with Crippen LogP contribution in [0.2, 0.25) is 0 Å². The second-order valence-corrected chi connectivity index (χ2v) is 7.90. The summed E-state index contributed by atoms with van der Waals surface area (Å²) in [6.45, 7) is 3.64. The third kappa shape index (κ3) is 4.64. The standard InChI is InChI=1S/C21H26N4OS/c1-16-5-6-19(22-13-16)20(12-17-8-11-27-15-17)23-14-18-7-9-24-25(18)21-4-2-3-10-26-21/h5-9,11,13,15,20-21,23H,2-4,10,12,14H2,1H3. The number of aromatic nitrogens is 3. The Bertz CT molecular complexity index is 822. The van der Waals surface area contributed by atoms with Crippen LogP contribution in [0.3, 0.4) is 0 Å². The SMILES string of the molecule is Cc1ccc(C(Cc2ccsc2)NCc2ccnn2C2CCCCO2)nc1. The average Bonchev–Trinajstić information content (AvgIpc) is 3.38. The van der Waals surface area contributed by atoms with E-state index in [1.807, 2.05) is 17.1 Å². The van der Waals surface area contributed by atoms with Gasteiger partial charge in [0.05, 0.1) is 17.4 Å². The van der Waals surface area contributed by atoms with Crippen molar-refractivity contribution in [1.29, 1.82) is 0 Å². The summed E-state index contributed by atoms with van der Waals surface area (Å²) in [5, 5.41) is 12.6. The summed E-state index contributed by atoms with van der Waals surface area (Å²) < 4.78 is 7.95. The van der Waals surface area contributed by atoms with Crippen molar-refractivity contribution in [2.75, 3.05) is 6.61 Å². The van der Waals surface area contributed by atoms with Gasteiger partial charge in [-0.05, 0) is 72.7 Å². The summed E-state index contributed by atoms with van der Waals surface area (Å²) in [5.41, 5.74) is 4.75. The highest BCUT2D eigenvalue weighted by molar-refractivity contribution is 7.07. The number of nitrogens with zero attached hydrogens (tertiary/aromatic N) is 3. The number of rotatable bonds is 7. The van der Waals surface area contributed by atoms with E-state index in [9.17, 15) is 0 Å². The summed E-state index contributed by atoms with van der Waals surface area (Å²) in [4.78, 5) is 4.67. The molecule has 0 amide bonds. The van der Waals surface area contributed by atoms with Crippen molar-refractivity contribution in [3.05, 3.63) is 69.9 Å². The quantitative estimate of drug-likeness (QED) is 0.657. The molecule has 0 spiro atoms. The zero-order valence-corrected chi connectivity index (χ0v) is 16.5. The van der Waals surface area contributed by atoms with E-state index in [4.69, 9.17) is 4.74 Å². The van der Waals surface area contributed by atoms with Gasteiger partial charge < -0.3 is 10.1 Å². The molecule has 4 heterocycles. The van der Waals surface area contributed by atoms with Crippen LogP contribution in [0.1, 0.15) is 54.0 Å². The first-order valence-electron chi connectivity index (χ1n) is 9.60.